The van der Waals surface area contributed by atoms with Gasteiger partial charge in [0.05, 0.1) is 0 Å². The fourth-order valence-electron chi connectivity index (χ4n) is 9.82. The maximum absolute atomic E-state index is 2.45. The second-order valence-corrected chi connectivity index (χ2v) is 16.1. The van der Waals surface area contributed by atoms with Crippen molar-refractivity contribution in [1.29, 1.82) is 0 Å². The van der Waals surface area contributed by atoms with Crippen LogP contribution in [0.3, 0.4) is 0 Å². The lowest BCUT2D eigenvalue weighted by Gasteiger charge is -2.27. The van der Waals surface area contributed by atoms with E-state index in [4.69, 9.17) is 0 Å². The molecule has 0 radical (unpaired) electrons. The lowest BCUT2D eigenvalue weighted by molar-refractivity contribution is 1.29. The van der Waals surface area contributed by atoms with Crippen LogP contribution >= 0.6 is 0 Å². The maximum atomic E-state index is 2.45. The van der Waals surface area contributed by atoms with E-state index in [1.165, 1.54) is 98.0 Å². The van der Waals surface area contributed by atoms with Crippen molar-refractivity contribution in [1.82, 2.24) is 0 Å². The molecule has 1 heteroatoms. The second-order valence-electron chi connectivity index (χ2n) is 16.1. The third-order valence-corrected chi connectivity index (χ3v) is 12.5. The molecule has 0 saturated heterocycles. The molecule has 0 atom stereocenters. The molecule has 0 aliphatic carbocycles. The van der Waals surface area contributed by atoms with Gasteiger partial charge in [-0.25, -0.2) is 0 Å². The Morgan fingerprint density at radius 2 is 0.426 bits per heavy atom. The van der Waals surface area contributed by atoms with Crippen molar-refractivity contribution < 1.29 is 0 Å². The summed E-state index contributed by atoms with van der Waals surface area (Å²) in [6.07, 6.45) is 0. The Hall–Kier alpha value is -8.00. The zero-order chi connectivity index (χ0) is 40.3. The topological polar surface area (TPSA) is 3.24 Å². The van der Waals surface area contributed by atoms with Gasteiger partial charge < -0.3 is 4.90 Å². The quantitative estimate of drug-likeness (QED) is 0.152. The van der Waals surface area contributed by atoms with Crippen LogP contribution in [0.25, 0.3) is 98.0 Å². The molecule has 0 fully saturated rings. The van der Waals surface area contributed by atoms with Crippen molar-refractivity contribution in [3.8, 4) is 33.4 Å². The van der Waals surface area contributed by atoms with E-state index >= 15 is 0 Å². The van der Waals surface area contributed by atoms with Gasteiger partial charge in [0.1, 0.15) is 0 Å². The number of rotatable bonds is 6. The van der Waals surface area contributed by atoms with Crippen molar-refractivity contribution in [2.24, 2.45) is 0 Å². The molecule has 12 aromatic carbocycles. The molecule has 12 aromatic rings. The number of benzene rings is 12. The highest BCUT2D eigenvalue weighted by molar-refractivity contribution is 6.15. The summed E-state index contributed by atoms with van der Waals surface area (Å²) in [6, 6.07) is 87.0. The van der Waals surface area contributed by atoms with Gasteiger partial charge >= 0.3 is 0 Å². The van der Waals surface area contributed by atoms with E-state index in [-0.39, 0.29) is 0 Å². The van der Waals surface area contributed by atoms with Crippen LogP contribution in [0.2, 0.25) is 0 Å². The zero-order valence-corrected chi connectivity index (χ0v) is 33.5. The van der Waals surface area contributed by atoms with E-state index in [0.29, 0.717) is 0 Å². The summed E-state index contributed by atoms with van der Waals surface area (Å²) in [4.78, 5) is 2.45. The van der Waals surface area contributed by atoms with Crippen molar-refractivity contribution in [2.45, 2.75) is 0 Å². The Morgan fingerprint density at radius 1 is 0.197 bits per heavy atom. The average molecular weight is 774 g/mol. The van der Waals surface area contributed by atoms with Crippen LogP contribution in [0, 0.1) is 0 Å². The molecule has 284 valence electrons. The molecule has 0 aliphatic rings. The van der Waals surface area contributed by atoms with E-state index in [2.05, 4.69) is 241 Å². The molecule has 0 bridgehead atoms. The monoisotopic (exact) mass is 773 g/mol. The summed E-state index contributed by atoms with van der Waals surface area (Å²) in [5.41, 5.74) is 10.6. The molecule has 0 N–H and O–H groups in total. The normalized spacial score (nSPS) is 11.6. The zero-order valence-electron chi connectivity index (χ0n) is 33.5. The van der Waals surface area contributed by atoms with Gasteiger partial charge in [-0.3, -0.25) is 0 Å². The molecule has 12 rings (SSSR count). The highest BCUT2D eigenvalue weighted by Crippen LogP contribution is 2.45. The van der Waals surface area contributed by atoms with E-state index < -0.39 is 0 Å². The molecule has 61 heavy (non-hydrogen) atoms. The summed E-state index contributed by atoms with van der Waals surface area (Å²) in [7, 11) is 0. The van der Waals surface area contributed by atoms with Crippen LogP contribution in [0.4, 0.5) is 17.1 Å². The van der Waals surface area contributed by atoms with Crippen LogP contribution in [0.5, 0.6) is 0 Å². The Labute approximate surface area is 355 Å². The van der Waals surface area contributed by atoms with Crippen molar-refractivity contribution in [3.63, 3.8) is 0 Å². The first-order valence-electron chi connectivity index (χ1n) is 21.1. The van der Waals surface area contributed by atoms with Gasteiger partial charge in [0, 0.05) is 17.1 Å². The number of anilines is 3. The van der Waals surface area contributed by atoms with Crippen LogP contribution in [-0.4, -0.2) is 0 Å². The molecular formula is C60H39N. The van der Waals surface area contributed by atoms with E-state index in [9.17, 15) is 0 Å². The predicted molar refractivity (Wildman–Crippen MR) is 262 cm³/mol. The van der Waals surface area contributed by atoms with Crippen LogP contribution < -0.4 is 4.90 Å². The fraction of sp³-hybridized carbons (Fsp3) is 0. The minimum atomic E-state index is 1.09. The van der Waals surface area contributed by atoms with Crippen LogP contribution in [0.15, 0.2) is 237 Å². The molecule has 0 heterocycles. The number of nitrogens with zero attached hydrogens (tertiary/aromatic N) is 1. The molecule has 0 aromatic heterocycles. The smallest absolute Gasteiger partial charge is 0.0467 e. The van der Waals surface area contributed by atoms with Crippen molar-refractivity contribution in [3.05, 3.63) is 237 Å². The molecule has 0 amide bonds. The van der Waals surface area contributed by atoms with Gasteiger partial charge in [-0.2, -0.15) is 0 Å². The van der Waals surface area contributed by atoms with Gasteiger partial charge in [0.15, 0.2) is 0 Å². The Bertz CT molecular complexity index is 3120. The third kappa shape index (κ3) is 5.93. The Kier molecular flexibility index (Phi) is 8.25. The Morgan fingerprint density at radius 3 is 0.672 bits per heavy atom. The molecule has 0 aliphatic heterocycles. The fourth-order valence-corrected chi connectivity index (χ4v) is 9.82. The number of hydrogen-bond donors (Lipinski definition) is 0. The van der Waals surface area contributed by atoms with E-state index in [1.54, 1.807) is 0 Å². The van der Waals surface area contributed by atoms with Crippen molar-refractivity contribution >= 4 is 81.7 Å². The molecule has 0 spiro atoms. The first-order valence-corrected chi connectivity index (χ1v) is 21.1. The summed E-state index contributed by atoms with van der Waals surface area (Å²) in [5.74, 6) is 0. The Balaban J connectivity index is 1.11. The second kappa shape index (κ2) is 14.4. The lowest BCUT2D eigenvalue weighted by Crippen LogP contribution is -2.10. The summed E-state index contributed by atoms with van der Waals surface area (Å²) in [5, 5.41) is 14.9. The largest absolute Gasteiger partial charge is 0.310 e. The highest BCUT2D eigenvalue weighted by Gasteiger charge is 2.19. The summed E-state index contributed by atoms with van der Waals surface area (Å²) < 4.78 is 0. The van der Waals surface area contributed by atoms with Gasteiger partial charge in [0.25, 0.3) is 0 Å². The maximum Gasteiger partial charge on any atom is 0.0467 e. The first-order chi connectivity index (χ1) is 30.2. The molecular weight excluding hydrogens is 735 g/mol. The van der Waals surface area contributed by atoms with E-state index in [0.717, 1.165) is 17.1 Å². The lowest BCUT2D eigenvalue weighted by atomic mass is 9.91. The van der Waals surface area contributed by atoms with Crippen LogP contribution in [-0.2, 0) is 0 Å². The van der Waals surface area contributed by atoms with Gasteiger partial charge in [-0.1, -0.05) is 182 Å². The average Bonchev–Trinajstić information content (AvgIpc) is 3.32. The minimum absolute atomic E-state index is 1.09. The van der Waals surface area contributed by atoms with Gasteiger partial charge in [-0.15, -0.1) is 0 Å². The van der Waals surface area contributed by atoms with Crippen LogP contribution in [0.1, 0.15) is 0 Å². The standard InChI is InChI=1S/C60H39N/c1-7-28-52-40(16-1)34-41-17-2-8-29-53(41)58(52)46-22-13-25-49(37-46)61(50-26-14-23-47(38-50)59-54-30-9-3-18-42(54)35-43-19-4-10-31-55(43)59)51-27-15-24-48(39-51)60-56-32-11-5-20-44(56)36-45-21-6-12-33-57(45)60/h1-39H. The number of hydrogen-bond acceptors (Lipinski definition) is 1. The summed E-state index contributed by atoms with van der Waals surface area (Å²) in [6.45, 7) is 0. The molecule has 1 nitrogen and oxygen atoms in total. The third-order valence-electron chi connectivity index (χ3n) is 12.5. The molecule has 0 unspecified atom stereocenters. The molecule has 0 saturated carbocycles. The van der Waals surface area contributed by atoms with Gasteiger partial charge in [0.2, 0.25) is 0 Å². The van der Waals surface area contributed by atoms with Crippen molar-refractivity contribution in [2.75, 3.05) is 4.90 Å². The van der Waals surface area contributed by atoms with E-state index in [1.807, 2.05) is 0 Å². The van der Waals surface area contributed by atoms with Gasteiger partial charge in [-0.05, 0) is 153 Å². The first kappa shape index (κ1) is 35.0. The summed E-state index contributed by atoms with van der Waals surface area (Å²) >= 11 is 0. The SMILES string of the molecule is c1cc(-c2c3ccccc3cc3ccccc23)cc(N(c2cccc(-c3c4ccccc4cc4ccccc34)c2)c2cccc(-c3c4ccccc4cc4ccccc34)c2)c1. The predicted octanol–water partition coefficient (Wildman–Crippen LogP) is 17.1. The minimum Gasteiger partial charge on any atom is -0.310 e. The number of fused-ring (bicyclic) bond motifs is 6. The highest BCUT2D eigenvalue weighted by atomic mass is 15.1.